The van der Waals surface area contributed by atoms with Crippen LogP contribution in [0.15, 0.2) is 41.0 Å². The molecule has 0 saturated carbocycles. The zero-order chi connectivity index (χ0) is 13.0. The molecule has 0 atom stereocenters. The Hall–Kier alpha value is -1.53. The smallest absolute Gasteiger partial charge is 0.317 e. The van der Waals surface area contributed by atoms with Gasteiger partial charge in [-0.2, -0.15) is 4.98 Å². The van der Waals surface area contributed by atoms with Crippen LogP contribution in [-0.4, -0.2) is 15.0 Å². The van der Waals surface area contributed by atoms with Crippen LogP contribution >= 0.6 is 28.1 Å². The highest BCUT2D eigenvalue weighted by molar-refractivity contribution is 9.10. The van der Waals surface area contributed by atoms with Crippen LogP contribution in [-0.2, 0) is 6.61 Å². The molecule has 6 heteroatoms. The summed E-state index contributed by atoms with van der Waals surface area (Å²) in [6.07, 6.45) is 1.57. The molecule has 92 valence electrons. The van der Waals surface area contributed by atoms with E-state index in [1.165, 1.54) is 0 Å². The molecule has 0 fully saturated rings. The van der Waals surface area contributed by atoms with Crippen LogP contribution in [0.25, 0.3) is 0 Å². The summed E-state index contributed by atoms with van der Waals surface area (Å²) < 4.78 is 6.48. The Kier molecular flexibility index (Phi) is 4.22. The summed E-state index contributed by atoms with van der Waals surface area (Å²) in [5.41, 5.74) is 7.01. The lowest BCUT2D eigenvalue weighted by Gasteiger charge is -2.06. The van der Waals surface area contributed by atoms with Gasteiger partial charge in [-0.25, -0.2) is 4.98 Å². The molecule has 0 aliphatic heterocycles. The second kappa shape index (κ2) is 5.88. The van der Waals surface area contributed by atoms with Crippen LogP contribution in [0.5, 0.6) is 6.01 Å². The average molecular weight is 324 g/mol. The summed E-state index contributed by atoms with van der Waals surface area (Å²) in [6, 6.07) is 9.70. The van der Waals surface area contributed by atoms with Crippen LogP contribution in [0, 0.1) is 0 Å². The molecule has 2 N–H and O–H groups in total. The molecule has 2 aromatic rings. The molecule has 0 spiro atoms. The molecule has 0 amide bonds. The summed E-state index contributed by atoms with van der Waals surface area (Å²) in [7, 11) is 0. The fourth-order valence-corrected chi connectivity index (χ4v) is 1.82. The maximum Gasteiger partial charge on any atom is 0.317 e. The first-order valence-corrected chi connectivity index (χ1v) is 6.36. The van der Waals surface area contributed by atoms with Crippen LogP contribution in [0.1, 0.15) is 11.3 Å². The number of benzene rings is 1. The Balaban J connectivity index is 2.09. The molecule has 4 nitrogen and oxygen atoms in total. The van der Waals surface area contributed by atoms with Gasteiger partial charge in [0.2, 0.25) is 0 Å². The fourth-order valence-electron chi connectivity index (χ4n) is 1.31. The zero-order valence-electron chi connectivity index (χ0n) is 9.34. The van der Waals surface area contributed by atoms with Crippen molar-refractivity contribution in [2.24, 2.45) is 5.73 Å². The van der Waals surface area contributed by atoms with Crippen molar-refractivity contribution in [2.75, 3.05) is 0 Å². The molecule has 0 unspecified atom stereocenters. The second-order valence-corrected chi connectivity index (χ2v) is 4.76. The highest BCUT2D eigenvalue weighted by atomic mass is 79.9. The van der Waals surface area contributed by atoms with Gasteiger partial charge in [0.05, 0.1) is 0 Å². The van der Waals surface area contributed by atoms with E-state index in [2.05, 4.69) is 25.9 Å². The van der Waals surface area contributed by atoms with Crippen molar-refractivity contribution in [2.45, 2.75) is 6.61 Å². The largest absolute Gasteiger partial charge is 0.459 e. The third kappa shape index (κ3) is 3.24. The summed E-state index contributed by atoms with van der Waals surface area (Å²) in [6.45, 7) is 0.377. The number of hydrogen-bond acceptors (Lipinski definition) is 4. The van der Waals surface area contributed by atoms with E-state index in [0.717, 1.165) is 10.0 Å². The molecule has 0 aliphatic rings. The van der Waals surface area contributed by atoms with Gasteiger partial charge in [0.1, 0.15) is 17.3 Å². The number of ether oxygens (including phenoxy) is 1. The summed E-state index contributed by atoms with van der Waals surface area (Å²) in [5.74, 6) is 0. The Morgan fingerprint density at radius 2 is 2.11 bits per heavy atom. The lowest BCUT2D eigenvalue weighted by atomic mass is 10.2. The Morgan fingerprint density at radius 3 is 2.83 bits per heavy atom. The van der Waals surface area contributed by atoms with E-state index in [4.69, 9.17) is 22.7 Å². The first-order valence-electron chi connectivity index (χ1n) is 5.16. The first-order chi connectivity index (χ1) is 8.66. The van der Waals surface area contributed by atoms with Crippen molar-refractivity contribution in [1.29, 1.82) is 0 Å². The van der Waals surface area contributed by atoms with E-state index in [-0.39, 0.29) is 11.0 Å². The number of aromatic nitrogens is 2. The van der Waals surface area contributed by atoms with E-state index >= 15 is 0 Å². The van der Waals surface area contributed by atoms with E-state index in [0.29, 0.717) is 12.3 Å². The third-order valence-electron chi connectivity index (χ3n) is 2.20. The maximum atomic E-state index is 5.50. The van der Waals surface area contributed by atoms with Crippen molar-refractivity contribution >= 4 is 33.1 Å². The molecule has 2 rings (SSSR count). The minimum atomic E-state index is 0.225. The Bertz CT molecular complexity index is 577. The maximum absolute atomic E-state index is 5.50. The molecular weight excluding hydrogens is 314 g/mol. The minimum absolute atomic E-state index is 0.225. The number of rotatable bonds is 4. The SMILES string of the molecule is NC(=S)c1ccnc(OCc2ccccc2Br)n1. The number of hydrogen-bond donors (Lipinski definition) is 1. The highest BCUT2D eigenvalue weighted by Gasteiger charge is 2.04. The highest BCUT2D eigenvalue weighted by Crippen LogP contribution is 2.17. The lowest BCUT2D eigenvalue weighted by molar-refractivity contribution is 0.280. The normalized spacial score (nSPS) is 10.1. The number of nitrogens with zero attached hydrogens (tertiary/aromatic N) is 2. The Morgan fingerprint density at radius 1 is 1.33 bits per heavy atom. The molecule has 0 radical (unpaired) electrons. The van der Waals surface area contributed by atoms with Crippen LogP contribution in [0.3, 0.4) is 0 Å². The summed E-state index contributed by atoms with van der Waals surface area (Å²) in [4.78, 5) is 8.33. The van der Waals surface area contributed by atoms with Gasteiger partial charge in [0.25, 0.3) is 0 Å². The van der Waals surface area contributed by atoms with Crippen molar-refractivity contribution in [3.05, 3.63) is 52.3 Å². The molecular formula is C12H10BrN3OS. The molecule has 0 saturated heterocycles. The monoisotopic (exact) mass is 323 g/mol. The van der Waals surface area contributed by atoms with Gasteiger partial charge in [-0.05, 0) is 12.1 Å². The quantitative estimate of drug-likeness (QED) is 0.876. The van der Waals surface area contributed by atoms with Crippen molar-refractivity contribution < 1.29 is 4.74 Å². The van der Waals surface area contributed by atoms with E-state index in [1.807, 2.05) is 24.3 Å². The van der Waals surface area contributed by atoms with Gasteiger partial charge >= 0.3 is 6.01 Å². The van der Waals surface area contributed by atoms with Gasteiger partial charge in [-0.15, -0.1) is 0 Å². The molecule has 0 aliphatic carbocycles. The fraction of sp³-hybridized carbons (Fsp3) is 0.0833. The minimum Gasteiger partial charge on any atom is -0.459 e. The zero-order valence-corrected chi connectivity index (χ0v) is 11.7. The van der Waals surface area contributed by atoms with Crippen molar-refractivity contribution in [3.63, 3.8) is 0 Å². The standard InChI is InChI=1S/C12H10BrN3OS/c13-9-4-2-1-3-8(9)7-17-12-15-6-5-10(16-12)11(14)18/h1-6H,7H2,(H2,14,18). The van der Waals surface area contributed by atoms with Gasteiger partial charge < -0.3 is 10.5 Å². The number of nitrogens with two attached hydrogens (primary N) is 1. The van der Waals surface area contributed by atoms with Gasteiger partial charge in [0, 0.05) is 16.2 Å². The lowest BCUT2D eigenvalue weighted by Crippen LogP contribution is -2.12. The van der Waals surface area contributed by atoms with Gasteiger partial charge in [-0.3, -0.25) is 0 Å². The molecule has 1 aromatic carbocycles. The van der Waals surface area contributed by atoms with Gasteiger partial charge in [0.15, 0.2) is 0 Å². The van der Waals surface area contributed by atoms with Crippen molar-refractivity contribution in [3.8, 4) is 6.01 Å². The van der Waals surface area contributed by atoms with Crippen molar-refractivity contribution in [1.82, 2.24) is 9.97 Å². The first kappa shape index (κ1) is 12.9. The van der Waals surface area contributed by atoms with E-state index < -0.39 is 0 Å². The van der Waals surface area contributed by atoms with Crippen LogP contribution in [0.4, 0.5) is 0 Å². The molecule has 18 heavy (non-hydrogen) atoms. The molecule has 0 bridgehead atoms. The Labute approximate surface area is 118 Å². The van der Waals surface area contributed by atoms with Crippen LogP contribution < -0.4 is 10.5 Å². The van der Waals surface area contributed by atoms with E-state index in [1.54, 1.807) is 12.3 Å². The number of halogens is 1. The predicted octanol–water partition coefficient (Wildman–Crippen LogP) is 2.45. The second-order valence-electron chi connectivity index (χ2n) is 3.47. The van der Waals surface area contributed by atoms with Gasteiger partial charge in [-0.1, -0.05) is 46.3 Å². The molecule has 1 aromatic heterocycles. The van der Waals surface area contributed by atoms with E-state index in [9.17, 15) is 0 Å². The molecule has 1 heterocycles. The van der Waals surface area contributed by atoms with Crippen LogP contribution in [0.2, 0.25) is 0 Å². The predicted molar refractivity (Wildman–Crippen MR) is 76.4 cm³/mol. The number of thiocarbonyl (C=S) groups is 1. The third-order valence-corrected chi connectivity index (χ3v) is 3.18. The average Bonchev–Trinajstić information content (AvgIpc) is 2.38. The topological polar surface area (TPSA) is 61.0 Å². The summed E-state index contributed by atoms with van der Waals surface area (Å²) >= 11 is 8.29. The summed E-state index contributed by atoms with van der Waals surface area (Å²) in [5, 5.41) is 0.